The van der Waals surface area contributed by atoms with E-state index in [-0.39, 0.29) is 17.8 Å². The molecule has 0 unspecified atom stereocenters. The van der Waals surface area contributed by atoms with E-state index >= 15 is 0 Å². The fourth-order valence-corrected chi connectivity index (χ4v) is 2.32. The SMILES string of the molecule is Cc1ccc(F)c(C(=O)Cc2ccc3ccccc3n2)c1. The van der Waals surface area contributed by atoms with Crippen LogP contribution in [0.2, 0.25) is 0 Å². The summed E-state index contributed by atoms with van der Waals surface area (Å²) in [5.74, 6) is -0.731. The van der Waals surface area contributed by atoms with Gasteiger partial charge in [0.2, 0.25) is 0 Å². The fourth-order valence-electron chi connectivity index (χ4n) is 2.32. The molecule has 2 nitrogen and oxygen atoms in total. The van der Waals surface area contributed by atoms with Crippen LogP contribution in [-0.2, 0) is 6.42 Å². The zero-order chi connectivity index (χ0) is 14.8. The molecule has 1 aromatic heterocycles. The lowest BCUT2D eigenvalue weighted by atomic mass is 10.0. The van der Waals surface area contributed by atoms with Gasteiger partial charge in [0.05, 0.1) is 17.5 Å². The first-order valence-electron chi connectivity index (χ1n) is 6.77. The molecular weight excluding hydrogens is 265 g/mol. The van der Waals surface area contributed by atoms with Gasteiger partial charge in [0.25, 0.3) is 0 Å². The minimum atomic E-state index is -0.480. The zero-order valence-corrected chi connectivity index (χ0v) is 11.6. The molecule has 0 spiro atoms. The number of benzene rings is 2. The van der Waals surface area contributed by atoms with Gasteiger partial charge in [-0.3, -0.25) is 9.78 Å². The first-order valence-corrected chi connectivity index (χ1v) is 6.77. The number of para-hydroxylation sites is 1. The van der Waals surface area contributed by atoms with Gasteiger partial charge in [0.15, 0.2) is 5.78 Å². The number of ketones is 1. The summed E-state index contributed by atoms with van der Waals surface area (Å²) in [6, 6.07) is 16.0. The van der Waals surface area contributed by atoms with Gasteiger partial charge in [-0.2, -0.15) is 0 Å². The average molecular weight is 279 g/mol. The monoisotopic (exact) mass is 279 g/mol. The van der Waals surface area contributed by atoms with E-state index in [1.54, 1.807) is 12.1 Å². The molecule has 3 aromatic rings. The number of aromatic nitrogens is 1. The molecule has 0 bridgehead atoms. The minimum absolute atomic E-state index is 0.102. The quantitative estimate of drug-likeness (QED) is 0.675. The molecule has 0 aliphatic heterocycles. The molecular formula is C18H14FNO. The Kier molecular flexibility index (Phi) is 3.48. The summed E-state index contributed by atoms with van der Waals surface area (Å²) >= 11 is 0. The Hall–Kier alpha value is -2.55. The molecule has 0 N–H and O–H groups in total. The topological polar surface area (TPSA) is 30.0 Å². The molecule has 0 saturated carbocycles. The molecule has 0 radical (unpaired) electrons. The van der Waals surface area contributed by atoms with Gasteiger partial charge < -0.3 is 0 Å². The van der Waals surface area contributed by atoms with Crippen molar-refractivity contribution in [3.05, 3.63) is 77.2 Å². The second-order valence-corrected chi connectivity index (χ2v) is 5.08. The van der Waals surface area contributed by atoms with E-state index in [1.807, 2.05) is 43.3 Å². The molecule has 0 saturated heterocycles. The zero-order valence-electron chi connectivity index (χ0n) is 11.6. The second kappa shape index (κ2) is 5.44. The van der Waals surface area contributed by atoms with E-state index in [0.29, 0.717) is 5.69 Å². The third kappa shape index (κ3) is 2.82. The van der Waals surface area contributed by atoms with Crippen LogP contribution >= 0.6 is 0 Å². The van der Waals surface area contributed by atoms with Gasteiger partial charge >= 0.3 is 0 Å². The molecule has 21 heavy (non-hydrogen) atoms. The van der Waals surface area contributed by atoms with Crippen molar-refractivity contribution in [3.8, 4) is 0 Å². The number of carbonyl (C=O) groups is 1. The third-order valence-electron chi connectivity index (χ3n) is 3.42. The standard InChI is InChI=1S/C18H14FNO/c1-12-6-9-16(19)15(10-12)18(21)11-14-8-7-13-4-2-3-5-17(13)20-14/h2-10H,11H2,1H3. The number of pyridine rings is 1. The maximum atomic E-state index is 13.7. The number of Topliss-reactive ketones (excluding diaryl/α,β-unsaturated/α-hetero) is 1. The van der Waals surface area contributed by atoms with Gasteiger partial charge in [-0.1, -0.05) is 35.9 Å². The first-order chi connectivity index (χ1) is 10.1. The molecule has 0 aliphatic rings. The highest BCUT2D eigenvalue weighted by molar-refractivity contribution is 5.98. The van der Waals surface area contributed by atoms with Gasteiger partial charge in [-0.25, -0.2) is 4.39 Å². The van der Waals surface area contributed by atoms with Crippen molar-refractivity contribution in [2.75, 3.05) is 0 Å². The van der Waals surface area contributed by atoms with Crippen LogP contribution in [0.1, 0.15) is 21.6 Å². The van der Waals surface area contributed by atoms with Crippen LogP contribution in [0.4, 0.5) is 4.39 Å². The summed E-state index contributed by atoms with van der Waals surface area (Å²) in [4.78, 5) is 16.7. The maximum Gasteiger partial charge on any atom is 0.171 e. The lowest BCUT2D eigenvalue weighted by molar-refractivity contribution is 0.0988. The smallest absolute Gasteiger partial charge is 0.171 e. The van der Waals surface area contributed by atoms with Crippen molar-refractivity contribution in [3.63, 3.8) is 0 Å². The fraction of sp³-hybridized carbons (Fsp3) is 0.111. The van der Waals surface area contributed by atoms with E-state index in [9.17, 15) is 9.18 Å². The Bertz CT molecular complexity index is 826. The highest BCUT2D eigenvalue weighted by Gasteiger charge is 2.13. The Balaban J connectivity index is 1.90. The predicted molar refractivity (Wildman–Crippen MR) is 80.9 cm³/mol. The largest absolute Gasteiger partial charge is 0.294 e. The third-order valence-corrected chi connectivity index (χ3v) is 3.42. The summed E-state index contributed by atoms with van der Waals surface area (Å²) in [6.07, 6.45) is 0.102. The van der Waals surface area contributed by atoms with Gasteiger partial charge in [-0.15, -0.1) is 0 Å². The lowest BCUT2D eigenvalue weighted by Gasteiger charge is -2.05. The van der Waals surface area contributed by atoms with Crippen LogP contribution in [0, 0.1) is 12.7 Å². The van der Waals surface area contributed by atoms with Crippen molar-refractivity contribution in [1.82, 2.24) is 4.98 Å². The number of halogens is 1. The number of fused-ring (bicyclic) bond motifs is 1. The Morgan fingerprint density at radius 3 is 2.76 bits per heavy atom. The predicted octanol–water partition coefficient (Wildman–Crippen LogP) is 4.11. The number of hydrogen-bond donors (Lipinski definition) is 0. The highest BCUT2D eigenvalue weighted by Crippen LogP contribution is 2.16. The van der Waals surface area contributed by atoms with Crippen molar-refractivity contribution in [2.24, 2.45) is 0 Å². The molecule has 3 heteroatoms. The summed E-state index contributed by atoms with van der Waals surface area (Å²) < 4.78 is 13.7. The van der Waals surface area contributed by atoms with E-state index in [1.165, 1.54) is 6.07 Å². The number of hydrogen-bond acceptors (Lipinski definition) is 2. The Labute approximate surface area is 122 Å². The normalized spacial score (nSPS) is 10.8. The van der Waals surface area contributed by atoms with Crippen molar-refractivity contribution in [2.45, 2.75) is 13.3 Å². The van der Waals surface area contributed by atoms with Crippen LogP contribution in [0.25, 0.3) is 10.9 Å². The molecule has 0 atom stereocenters. The molecule has 0 aliphatic carbocycles. The van der Waals surface area contributed by atoms with Crippen molar-refractivity contribution >= 4 is 16.7 Å². The molecule has 3 rings (SSSR count). The van der Waals surface area contributed by atoms with Gasteiger partial charge in [0, 0.05) is 11.1 Å². The van der Waals surface area contributed by atoms with E-state index in [0.717, 1.165) is 16.5 Å². The van der Waals surface area contributed by atoms with Crippen LogP contribution in [0.15, 0.2) is 54.6 Å². The average Bonchev–Trinajstić information content (AvgIpc) is 2.49. The summed E-state index contributed by atoms with van der Waals surface area (Å²) in [5, 5.41) is 1.02. The number of carbonyl (C=O) groups excluding carboxylic acids is 1. The number of rotatable bonds is 3. The Morgan fingerprint density at radius 1 is 1.10 bits per heavy atom. The van der Waals surface area contributed by atoms with Crippen LogP contribution in [0.3, 0.4) is 0 Å². The van der Waals surface area contributed by atoms with Gasteiger partial charge in [-0.05, 0) is 31.2 Å². The van der Waals surface area contributed by atoms with Crippen molar-refractivity contribution < 1.29 is 9.18 Å². The van der Waals surface area contributed by atoms with Crippen LogP contribution in [-0.4, -0.2) is 10.8 Å². The molecule has 0 fully saturated rings. The Morgan fingerprint density at radius 2 is 1.90 bits per heavy atom. The number of nitrogens with zero attached hydrogens (tertiary/aromatic N) is 1. The summed E-state index contributed by atoms with van der Waals surface area (Å²) in [5.41, 5.74) is 2.49. The molecule has 1 heterocycles. The van der Waals surface area contributed by atoms with Crippen LogP contribution < -0.4 is 0 Å². The summed E-state index contributed by atoms with van der Waals surface area (Å²) in [7, 11) is 0. The second-order valence-electron chi connectivity index (χ2n) is 5.08. The molecule has 2 aromatic carbocycles. The highest BCUT2D eigenvalue weighted by atomic mass is 19.1. The molecule has 104 valence electrons. The minimum Gasteiger partial charge on any atom is -0.294 e. The lowest BCUT2D eigenvalue weighted by Crippen LogP contribution is -2.07. The van der Waals surface area contributed by atoms with Crippen molar-refractivity contribution in [1.29, 1.82) is 0 Å². The van der Waals surface area contributed by atoms with E-state index in [2.05, 4.69) is 4.98 Å². The molecule has 0 amide bonds. The summed E-state index contributed by atoms with van der Waals surface area (Å²) in [6.45, 7) is 1.84. The number of aryl methyl sites for hydroxylation is 1. The maximum absolute atomic E-state index is 13.7. The van der Waals surface area contributed by atoms with E-state index in [4.69, 9.17) is 0 Å². The first kappa shape index (κ1) is 13.4. The van der Waals surface area contributed by atoms with Crippen LogP contribution in [0.5, 0.6) is 0 Å². The van der Waals surface area contributed by atoms with Gasteiger partial charge in [0.1, 0.15) is 5.82 Å². The van der Waals surface area contributed by atoms with E-state index < -0.39 is 5.82 Å².